The monoisotopic (exact) mass is 367 g/mol. The summed E-state index contributed by atoms with van der Waals surface area (Å²) >= 11 is 0. The number of nitrogens with zero attached hydrogens (tertiary/aromatic N) is 1. The molecule has 0 radical (unpaired) electrons. The second-order valence-corrected chi connectivity index (χ2v) is 7.60. The number of carbonyl (C=O) groups is 2. The maximum atomic E-state index is 12.9. The van der Waals surface area contributed by atoms with E-state index in [4.69, 9.17) is 0 Å². The Hall–Kier alpha value is -2.66. The second kappa shape index (κ2) is 7.16. The van der Waals surface area contributed by atoms with E-state index in [-0.39, 0.29) is 28.4 Å². The molecule has 142 valence electrons. The highest BCUT2D eigenvalue weighted by molar-refractivity contribution is 6.29. The zero-order valence-electron chi connectivity index (χ0n) is 16.1. The lowest BCUT2D eigenvalue weighted by Gasteiger charge is -2.30. The molecular formula is C22H25NO4. The van der Waals surface area contributed by atoms with Crippen molar-refractivity contribution in [3.8, 4) is 11.5 Å². The lowest BCUT2D eigenvalue weighted by Crippen LogP contribution is -2.38. The van der Waals surface area contributed by atoms with Crippen LogP contribution >= 0.6 is 0 Å². The summed E-state index contributed by atoms with van der Waals surface area (Å²) in [6, 6.07) is 8.45. The molecule has 3 rings (SSSR count). The molecule has 1 aliphatic rings. The number of aromatic hydroxyl groups is 2. The predicted octanol–water partition coefficient (Wildman–Crippen LogP) is 3.53. The van der Waals surface area contributed by atoms with Crippen LogP contribution in [0, 0.1) is 0 Å². The molecule has 0 saturated heterocycles. The van der Waals surface area contributed by atoms with Crippen LogP contribution in [0.1, 0.15) is 65.1 Å². The number of fused-ring (bicyclic) bond motifs is 2. The normalized spacial score (nSPS) is 13.4. The van der Waals surface area contributed by atoms with Gasteiger partial charge in [0.2, 0.25) is 0 Å². The highest BCUT2D eigenvalue weighted by atomic mass is 16.3. The van der Waals surface area contributed by atoms with Crippen molar-refractivity contribution >= 4 is 11.6 Å². The quantitative estimate of drug-likeness (QED) is 0.721. The van der Waals surface area contributed by atoms with Gasteiger partial charge in [0.05, 0.1) is 5.56 Å². The summed E-state index contributed by atoms with van der Waals surface area (Å²) in [5, 5.41) is 19.7. The summed E-state index contributed by atoms with van der Waals surface area (Å²) in [5.74, 6) is -1.36. The molecule has 0 atom stereocenters. The molecule has 0 heterocycles. The minimum absolute atomic E-state index is 0.0381. The van der Waals surface area contributed by atoms with Crippen molar-refractivity contribution in [2.45, 2.75) is 46.2 Å². The molecule has 0 amide bonds. The van der Waals surface area contributed by atoms with Crippen LogP contribution in [0.25, 0.3) is 0 Å². The number of carbonyl (C=O) groups excluding carboxylic acids is 2. The molecule has 27 heavy (non-hydrogen) atoms. The maximum Gasteiger partial charge on any atom is 0.198 e. The Morgan fingerprint density at radius 2 is 1.52 bits per heavy atom. The van der Waals surface area contributed by atoms with Crippen LogP contribution in [0.5, 0.6) is 11.5 Å². The summed E-state index contributed by atoms with van der Waals surface area (Å²) in [7, 11) is 0. The van der Waals surface area contributed by atoms with Gasteiger partial charge in [-0.15, -0.1) is 0 Å². The van der Waals surface area contributed by atoms with Gasteiger partial charge in [0.1, 0.15) is 11.5 Å². The standard InChI is InChI=1S/C22H25NO4/c1-12(2)23(13(3)4)8-7-14-5-6-16-17(9-14)21(26)18-10-15(24)11-19(25)20(18)22(16)27/h5-6,9-13,24-25H,7-8H2,1-4H3. The molecule has 5 nitrogen and oxygen atoms in total. The summed E-state index contributed by atoms with van der Waals surface area (Å²) in [5.41, 5.74) is 1.61. The van der Waals surface area contributed by atoms with Gasteiger partial charge in [-0.3, -0.25) is 14.5 Å². The topological polar surface area (TPSA) is 77.8 Å². The highest BCUT2D eigenvalue weighted by Crippen LogP contribution is 2.35. The zero-order valence-corrected chi connectivity index (χ0v) is 16.1. The largest absolute Gasteiger partial charge is 0.508 e. The van der Waals surface area contributed by atoms with Gasteiger partial charge in [-0.05, 0) is 51.8 Å². The first-order chi connectivity index (χ1) is 12.7. The number of hydrogen-bond donors (Lipinski definition) is 2. The molecular weight excluding hydrogens is 342 g/mol. The molecule has 0 spiro atoms. The smallest absolute Gasteiger partial charge is 0.198 e. The molecule has 0 aromatic heterocycles. The van der Waals surface area contributed by atoms with Crippen molar-refractivity contribution in [1.29, 1.82) is 0 Å². The molecule has 0 unspecified atom stereocenters. The summed E-state index contributed by atoms with van der Waals surface area (Å²) in [6.07, 6.45) is 0.767. The van der Waals surface area contributed by atoms with Crippen LogP contribution in [0.2, 0.25) is 0 Å². The van der Waals surface area contributed by atoms with E-state index in [0.29, 0.717) is 23.2 Å². The Labute approximate surface area is 159 Å². The lowest BCUT2D eigenvalue weighted by atomic mass is 9.82. The first-order valence-corrected chi connectivity index (χ1v) is 9.24. The van der Waals surface area contributed by atoms with E-state index in [9.17, 15) is 19.8 Å². The van der Waals surface area contributed by atoms with E-state index in [1.165, 1.54) is 6.07 Å². The van der Waals surface area contributed by atoms with E-state index >= 15 is 0 Å². The third-order valence-corrected chi connectivity index (χ3v) is 5.13. The molecule has 2 N–H and O–H groups in total. The van der Waals surface area contributed by atoms with Gasteiger partial charge >= 0.3 is 0 Å². The van der Waals surface area contributed by atoms with Crippen molar-refractivity contribution in [3.63, 3.8) is 0 Å². The van der Waals surface area contributed by atoms with Crippen LogP contribution in [-0.2, 0) is 6.42 Å². The molecule has 0 saturated carbocycles. The van der Waals surface area contributed by atoms with E-state index in [1.54, 1.807) is 12.1 Å². The Morgan fingerprint density at radius 1 is 0.852 bits per heavy atom. The molecule has 0 bridgehead atoms. The van der Waals surface area contributed by atoms with Crippen molar-refractivity contribution < 1.29 is 19.8 Å². The van der Waals surface area contributed by atoms with Gasteiger partial charge < -0.3 is 10.2 Å². The fraction of sp³-hybridized carbons (Fsp3) is 0.364. The number of benzene rings is 2. The van der Waals surface area contributed by atoms with Gasteiger partial charge in [0, 0.05) is 41.4 Å². The van der Waals surface area contributed by atoms with Crippen molar-refractivity contribution in [2.24, 2.45) is 0 Å². The zero-order chi connectivity index (χ0) is 19.9. The summed E-state index contributed by atoms with van der Waals surface area (Å²) in [6.45, 7) is 9.49. The highest BCUT2D eigenvalue weighted by Gasteiger charge is 2.32. The second-order valence-electron chi connectivity index (χ2n) is 7.60. The van der Waals surface area contributed by atoms with Gasteiger partial charge in [0.15, 0.2) is 11.6 Å². The third-order valence-electron chi connectivity index (χ3n) is 5.13. The minimum atomic E-state index is -0.394. The molecule has 1 aliphatic carbocycles. The van der Waals surface area contributed by atoms with Gasteiger partial charge in [-0.1, -0.05) is 12.1 Å². The fourth-order valence-electron chi connectivity index (χ4n) is 3.81. The summed E-state index contributed by atoms with van der Waals surface area (Å²) < 4.78 is 0. The van der Waals surface area contributed by atoms with E-state index in [1.807, 2.05) is 6.07 Å². The fourth-order valence-corrected chi connectivity index (χ4v) is 3.81. The third kappa shape index (κ3) is 3.47. The van der Waals surface area contributed by atoms with E-state index < -0.39 is 5.78 Å². The SMILES string of the molecule is CC(C)N(CCc1ccc2c(c1)C(=O)c1cc(O)cc(O)c1C2=O)C(C)C. The number of hydrogen-bond acceptors (Lipinski definition) is 5. The first kappa shape index (κ1) is 19.1. The van der Waals surface area contributed by atoms with Gasteiger partial charge in [-0.2, -0.15) is 0 Å². The molecule has 5 heteroatoms. The Kier molecular flexibility index (Phi) is 5.07. The van der Waals surface area contributed by atoms with Crippen molar-refractivity contribution in [3.05, 3.63) is 58.1 Å². The van der Waals surface area contributed by atoms with Crippen molar-refractivity contribution in [2.75, 3.05) is 6.54 Å². The average Bonchev–Trinajstić information content (AvgIpc) is 2.58. The van der Waals surface area contributed by atoms with Crippen LogP contribution in [0.15, 0.2) is 30.3 Å². The first-order valence-electron chi connectivity index (χ1n) is 9.24. The molecule has 2 aromatic carbocycles. The van der Waals surface area contributed by atoms with Gasteiger partial charge in [0.25, 0.3) is 0 Å². The molecule has 2 aromatic rings. The van der Waals surface area contributed by atoms with Crippen LogP contribution in [0.3, 0.4) is 0 Å². The summed E-state index contributed by atoms with van der Waals surface area (Å²) in [4.78, 5) is 28.0. The Balaban J connectivity index is 1.94. The number of ketones is 2. The number of phenolic OH excluding ortho intramolecular Hbond substituents is 2. The van der Waals surface area contributed by atoms with Crippen LogP contribution < -0.4 is 0 Å². The Bertz CT molecular complexity index is 907. The maximum absolute atomic E-state index is 12.9. The Morgan fingerprint density at radius 3 is 2.15 bits per heavy atom. The van der Waals surface area contributed by atoms with Crippen molar-refractivity contribution in [1.82, 2.24) is 4.90 Å². The lowest BCUT2D eigenvalue weighted by molar-refractivity contribution is 0.0976. The van der Waals surface area contributed by atoms with Crippen LogP contribution in [0.4, 0.5) is 0 Å². The van der Waals surface area contributed by atoms with Crippen LogP contribution in [-0.4, -0.2) is 45.3 Å². The number of phenols is 2. The molecule has 0 fully saturated rings. The molecule has 0 aliphatic heterocycles. The van der Waals surface area contributed by atoms with E-state index in [0.717, 1.165) is 24.6 Å². The minimum Gasteiger partial charge on any atom is -0.508 e. The average molecular weight is 367 g/mol. The van der Waals surface area contributed by atoms with Gasteiger partial charge in [-0.25, -0.2) is 0 Å². The predicted molar refractivity (Wildman–Crippen MR) is 104 cm³/mol. The van der Waals surface area contributed by atoms with E-state index in [2.05, 4.69) is 32.6 Å². The number of rotatable bonds is 5.